The first-order valence-electron chi connectivity index (χ1n) is 6.89. The highest BCUT2D eigenvalue weighted by atomic mass is 35.5. The molecule has 1 aromatic carbocycles. The van der Waals surface area contributed by atoms with Gasteiger partial charge in [0.05, 0.1) is 18.8 Å². The molecule has 0 amide bonds. The van der Waals surface area contributed by atoms with E-state index in [-0.39, 0.29) is 0 Å². The molecule has 3 rings (SSSR count). The number of anilines is 1. The van der Waals surface area contributed by atoms with Crippen LogP contribution in [0.2, 0.25) is 4.47 Å². The second kappa shape index (κ2) is 7.63. The van der Waals surface area contributed by atoms with Gasteiger partial charge in [-0.25, -0.2) is 4.98 Å². The van der Waals surface area contributed by atoms with Crippen LogP contribution in [-0.2, 0) is 13.0 Å². The number of para-hydroxylation sites is 2. The van der Waals surface area contributed by atoms with Gasteiger partial charge in [-0.05, 0) is 23.6 Å². The smallest absolute Gasteiger partial charge is 0.183 e. The van der Waals surface area contributed by atoms with Crippen LogP contribution < -0.4 is 10.1 Å². The number of halogens is 1. The lowest BCUT2D eigenvalue weighted by Gasteiger charge is -2.12. The molecule has 2 heterocycles. The summed E-state index contributed by atoms with van der Waals surface area (Å²) in [5, 5.41) is 5.46. The van der Waals surface area contributed by atoms with E-state index in [9.17, 15) is 0 Å². The van der Waals surface area contributed by atoms with Crippen molar-refractivity contribution in [3.63, 3.8) is 0 Å². The molecule has 0 fully saturated rings. The molecule has 0 atom stereocenters. The third-order valence-corrected chi connectivity index (χ3v) is 5.10. The third-order valence-electron chi connectivity index (χ3n) is 3.05. The van der Waals surface area contributed by atoms with E-state index in [0.29, 0.717) is 17.6 Å². The summed E-state index contributed by atoms with van der Waals surface area (Å²) in [6.07, 6.45) is 2.72. The molecule has 0 aliphatic carbocycles. The van der Waals surface area contributed by atoms with Crippen molar-refractivity contribution in [3.8, 4) is 5.75 Å². The van der Waals surface area contributed by atoms with E-state index < -0.39 is 0 Å². The average molecular weight is 351 g/mol. The van der Waals surface area contributed by atoms with Crippen molar-refractivity contribution in [2.45, 2.75) is 13.0 Å². The number of hydrogen-bond donors (Lipinski definition) is 1. The minimum absolute atomic E-state index is 0.567. The number of nitrogens with one attached hydrogen (secondary N) is 1. The van der Waals surface area contributed by atoms with Crippen LogP contribution in [0.25, 0.3) is 0 Å². The van der Waals surface area contributed by atoms with Gasteiger partial charge in [-0.3, -0.25) is 0 Å². The normalized spacial score (nSPS) is 10.6. The minimum atomic E-state index is 0.567. The molecule has 22 heavy (non-hydrogen) atoms. The Kier molecular flexibility index (Phi) is 5.32. The van der Waals surface area contributed by atoms with Gasteiger partial charge in [0, 0.05) is 22.4 Å². The largest absolute Gasteiger partial charge is 0.491 e. The Balaban J connectivity index is 1.57. The van der Waals surface area contributed by atoms with Crippen LogP contribution >= 0.6 is 34.3 Å². The van der Waals surface area contributed by atoms with E-state index in [0.717, 1.165) is 22.7 Å². The van der Waals surface area contributed by atoms with Gasteiger partial charge in [0.25, 0.3) is 0 Å². The first-order chi connectivity index (χ1) is 10.8. The Labute approximate surface area is 142 Å². The molecule has 0 aliphatic heterocycles. The summed E-state index contributed by atoms with van der Waals surface area (Å²) in [5.41, 5.74) is 0.984. The second-order valence-electron chi connectivity index (χ2n) is 4.61. The molecule has 2 aromatic heterocycles. The van der Waals surface area contributed by atoms with Gasteiger partial charge in [0.2, 0.25) is 0 Å². The fourth-order valence-electron chi connectivity index (χ4n) is 2.00. The predicted octanol–water partition coefficient (Wildman–Crippen LogP) is 5.09. The van der Waals surface area contributed by atoms with Crippen LogP contribution in [0.3, 0.4) is 0 Å². The maximum atomic E-state index is 5.91. The van der Waals surface area contributed by atoms with Crippen molar-refractivity contribution in [2.75, 3.05) is 11.9 Å². The van der Waals surface area contributed by atoms with Gasteiger partial charge >= 0.3 is 0 Å². The van der Waals surface area contributed by atoms with Gasteiger partial charge in [-0.15, -0.1) is 22.7 Å². The van der Waals surface area contributed by atoms with Crippen LogP contribution in [0.4, 0.5) is 5.69 Å². The van der Waals surface area contributed by atoms with E-state index in [1.165, 1.54) is 16.2 Å². The second-order valence-corrected chi connectivity index (χ2v) is 7.34. The average Bonchev–Trinajstić information content (AvgIpc) is 3.18. The number of thiazole rings is 1. The lowest BCUT2D eigenvalue weighted by atomic mass is 10.3. The number of ether oxygens (including phenoxy) is 1. The van der Waals surface area contributed by atoms with Crippen LogP contribution in [0.15, 0.2) is 48.0 Å². The van der Waals surface area contributed by atoms with E-state index in [4.69, 9.17) is 16.3 Å². The van der Waals surface area contributed by atoms with E-state index in [1.807, 2.05) is 24.3 Å². The third kappa shape index (κ3) is 4.22. The first kappa shape index (κ1) is 15.3. The van der Waals surface area contributed by atoms with Gasteiger partial charge in [0.15, 0.2) is 4.47 Å². The SMILES string of the molecule is Clc1ncc(CNc2ccccc2OCCc2cccs2)s1. The Morgan fingerprint density at radius 3 is 2.82 bits per heavy atom. The maximum Gasteiger partial charge on any atom is 0.183 e. The molecule has 0 aliphatic rings. The molecule has 0 saturated carbocycles. The zero-order chi connectivity index (χ0) is 15.2. The van der Waals surface area contributed by atoms with Gasteiger partial charge in [0.1, 0.15) is 5.75 Å². The van der Waals surface area contributed by atoms with Gasteiger partial charge < -0.3 is 10.1 Å². The Morgan fingerprint density at radius 1 is 1.14 bits per heavy atom. The summed E-state index contributed by atoms with van der Waals surface area (Å²) < 4.78 is 6.48. The number of nitrogens with zero attached hydrogens (tertiary/aromatic N) is 1. The minimum Gasteiger partial charge on any atom is -0.491 e. The van der Waals surface area contributed by atoms with Crippen molar-refractivity contribution in [3.05, 3.63) is 62.2 Å². The molecule has 3 nitrogen and oxygen atoms in total. The van der Waals surface area contributed by atoms with E-state index in [1.54, 1.807) is 17.5 Å². The fourth-order valence-corrected chi connectivity index (χ4v) is 3.61. The highest BCUT2D eigenvalue weighted by molar-refractivity contribution is 7.15. The molecular formula is C16H15ClN2OS2. The van der Waals surface area contributed by atoms with Gasteiger partial charge in [-0.1, -0.05) is 29.8 Å². The number of hydrogen-bond acceptors (Lipinski definition) is 5. The molecule has 6 heteroatoms. The van der Waals surface area contributed by atoms with E-state index in [2.05, 4.69) is 27.8 Å². The highest BCUT2D eigenvalue weighted by Crippen LogP contribution is 2.26. The Bertz CT molecular complexity index is 713. The Hall–Kier alpha value is -1.56. The van der Waals surface area contributed by atoms with Crippen LogP contribution in [0.1, 0.15) is 9.75 Å². The lowest BCUT2D eigenvalue weighted by molar-refractivity contribution is 0.324. The maximum absolute atomic E-state index is 5.91. The van der Waals surface area contributed by atoms with Crippen molar-refractivity contribution >= 4 is 40.0 Å². The predicted molar refractivity (Wildman–Crippen MR) is 94.4 cm³/mol. The summed E-state index contributed by atoms with van der Waals surface area (Å²) in [6, 6.07) is 12.2. The number of benzene rings is 1. The van der Waals surface area contributed by atoms with Crippen molar-refractivity contribution in [1.82, 2.24) is 4.98 Å². The molecule has 0 saturated heterocycles. The zero-order valence-electron chi connectivity index (χ0n) is 11.8. The molecule has 0 bridgehead atoms. The summed E-state index contributed by atoms with van der Waals surface area (Å²) in [4.78, 5) is 6.48. The molecule has 0 radical (unpaired) electrons. The standard InChI is InChI=1S/C16H15ClN2OS2/c17-16-19-11-13(22-16)10-18-14-5-1-2-6-15(14)20-8-7-12-4-3-9-21-12/h1-6,9,11,18H,7-8,10H2. The van der Waals surface area contributed by atoms with Crippen LogP contribution in [0.5, 0.6) is 5.75 Å². The number of thiophene rings is 1. The molecule has 0 spiro atoms. The van der Waals surface area contributed by atoms with Crippen molar-refractivity contribution < 1.29 is 4.74 Å². The van der Waals surface area contributed by atoms with Crippen molar-refractivity contribution in [1.29, 1.82) is 0 Å². The number of aromatic nitrogens is 1. The highest BCUT2D eigenvalue weighted by Gasteiger charge is 2.05. The molecule has 1 N–H and O–H groups in total. The van der Waals surface area contributed by atoms with Crippen LogP contribution in [-0.4, -0.2) is 11.6 Å². The first-order valence-corrected chi connectivity index (χ1v) is 8.97. The number of rotatable bonds is 7. The zero-order valence-corrected chi connectivity index (χ0v) is 14.2. The molecule has 3 aromatic rings. The molecule has 114 valence electrons. The topological polar surface area (TPSA) is 34.2 Å². The molecule has 0 unspecified atom stereocenters. The summed E-state index contributed by atoms with van der Waals surface area (Å²) >= 11 is 9.09. The Morgan fingerprint density at radius 2 is 2.05 bits per heavy atom. The van der Waals surface area contributed by atoms with Gasteiger partial charge in [-0.2, -0.15) is 0 Å². The fraction of sp³-hybridized carbons (Fsp3) is 0.188. The van der Waals surface area contributed by atoms with Crippen molar-refractivity contribution in [2.24, 2.45) is 0 Å². The lowest BCUT2D eigenvalue weighted by Crippen LogP contribution is -2.04. The summed E-state index contributed by atoms with van der Waals surface area (Å²) in [5.74, 6) is 0.870. The molecular weight excluding hydrogens is 336 g/mol. The monoisotopic (exact) mass is 350 g/mol. The summed E-state index contributed by atoms with van der Waals surface area (Å²) in [6.45, 7) is 1.36. The van der Waals surface area contributed by atoms with Crippen LogP contribution in [0, 0.1) is 0 Å². The van der Waals surface area contributed by atoms with E-state index >= 15 is 0 Å². The summed E-state index contributed by atoms with van der Waals surface area (Å²) in [7, 11) is 0. The quantitative estimate of drug-likeness (QED) is 0.644.